The molecule has 2 bridgehead atoms. The van der Waals surface area contributed by atoms with Crippen LogP contribution in [0.1, 0.15) is 23.6 Å². The van der Waals surface area contributed by atoms with E-state index < -0.39 is 23.3 Å². The number of phenolic OH excluding ortho intramolecular Hbond substituents is 1. The Bertz CT molecular complexity index is 1550. The predicted octanol–water partition coefficient (Wildman–Crippen LogP) is 2.49. The molecule has 10 nitrogen and oxygen atoms in total. The highest BCUT2D eigenvalue weighted by Crippen LogP contribution is 2.40. The average Bonchev–Trinajstić information content (AvgIpc) is 2.94. The highest BCUT2D eigenvalue weighted by Gasteiger charge is 2.55. The molecule has 4 heterocycles. The lowest BCUT2D eigenvalue weighted by Crippen LogP contribution is -2.68. The molecular formula is C30H30N4O6. The number of aromatic nitrogens is 1. The van der Waals surface area contributed by atoms with Gasteiger partial charge in [-0.2, -0.15) is 0 Å². The van der Waals surface area contributed by atoms with Crippen LogP contribution in [0.5, 0.6) is 11.5 Å². The molecule has 2 N–H and O–H groups in total. The minimum Gasteiger partial charge on any atom is -0.504 e. The second-order valence-corrected chi connectivity index (χ2v) is 10.9. The smallest absolute Gasteiger partial charge is 0.335 e. The van der Waals surface area contributed by atoms with Gasteiger partial charge < -0.3 is 19.3 Å². The van der Waals surface area contributed by atoms with Gasteiger partial charge in [0.05, 0.1) is 12.8 Å². The first-order valence-corrected chi connectivity index (χ1v) is 13.3. The molecule has 0 radical (unpaired) electrons. The summed E-state index contributed by atoms with van der Waals surface area (Å²) in [5.74, 6) is -0.826. The lowest BCUT2D eigenvalue weighted by atomic mass is 9.75. The van der Waals surface area contributed by atoms with Gasteiger partial charge in [-0.05, 0) is 54.7 Å². The minimum absolute atomic E-state index is 0.00714. The number of carbonyl (C=O) groups is 3. The van der Waals surface area contributed by atoms with Crippen LogP contribution < -0.4 is 20.5 Å². The summed E-state index contributed by atoms with van der Waals surface area (Å²) in [5, 5.41) is 12.6. The van der Waals surface area contributed by atoms with Crippen LogP contribution in [0.4, 0.5) is 10.5 Å². The quantitative estimate of drug-likeness (QED) is 0.459. The van der Waals surface area contributed by atoms with E-state index in [0.29, 0.717) is 30.9 Å². The molecule has 3 aliphatic rings. The van der Waals surface area contributed by atoms with Crippen LogP contribution in [0.25, 0.3) is 0 Å². The SMILES string of the molecule is COc1cc(C[C@]2(CN3C[C@H]4C[C@@H](C3)c3cccc(=O)n3C4)C(=O)NC(=O)N(c3ccccc3)C2=O)ccc1O. The van der Waals surface area contributed by atoms with Crippen LogP contribution in [-0.2, 0) is 22.6 Å². The first-order valence-electron chi connectivity index (χ1n) is 13.3. The second-order valence-electron chi connectivity index (χ2n) is 10.9. The van der Waals surface area contributed by atoms with E-state index >= 15 is 0 Å². The van der Waals surface area contributed by atoms with Crippen molar-refractivity contribution in [2.75, 3.05) is 31.6 Å². The van der Waals surface area contributed by atoms with Gasteiger partial charge in [0.2, 0.25) is 5.91 Å². The van der Waals surface area contributed by atoms with E-state index in [4.69, 9.17) is 4.74 Å². The number of aromatic hydroxyl groups is 1. The van der Waals surface area contributed by atoms with Crippen LogP contribution in [0.3, 0.4) is 0 Å². The topological polar surface area (TPSA) is 121 Å². The Labute approximate surface area is 230 Å². The van der Waals surface area contributed by atoms with E-state index in [1.165, 1.54) is 13.2 Å². The van der Waals surface area contributed by atoms with Gasteiger partial charge in [0.25, 0.3) is 11.5 Å². The highest BCUT2D eigenvalue weighted by atomic mass is 16.5. The fourth-order valence-electron chi connectivity index (χ4n) is 6.53. The molecule has 10 heteroatoms. The molecule has 3 aromatic rings. The number of imide groups is 2. The number of benzene rings is 2. The van der Waals surface area contributed by atoms with E-state index in [1.807, 2.05) is 10.6 Å². The summed E-state index contributed by atoms with van der Waals surface area (Å²) in [6.07, 6.45) is 0.920. The van der Waals surface area contributed by atoms with Gasteiger partial charge in [-0.3, -0.25) is 19.7 Å². The molecule has 4 amide bonds. The first-order chi connectivity index (χ1) is 19.3. The average molecular weight is 543 g/mol. The molecule has 0 spiro atoms. The Hall–Kier alpha value is -4.44. The van der Waals surface area contributed by atoms with Gasteiger partial charge in [0, 0.05) is 43.9 Å². The fraction of sp³-hybridized carbons (Fsp3) is 0.333. The number of amides is 4. The number of likely N-dealkylation sites (tertiary alicyclic amines) is 1. The molecule has 3 atom stereocenters. The summed E-state index contributed by atoms with van der Waals surface area (Å²) in [7, 11) is 1.43. The van der Waals surface area contributed by atoms with Crippen LogP contribution in [0.2, 0.25) is 0 Å². The standard InChI is InChI=1S/C30H30N4O6/c1-40-25-13-19(10-11-24(25)35)14-30(27(37)31-29(39)34(28(30)38)22-6-3-2-4-7-22)18-32-15-20-12-21(17-32)23-8-5-9-26(36)33(23)16-20/h2-11,13,20-21,35H,12,14-18H2,1H3,(H,31,37,39)/t20-,21+,30+/m1/s1. The monoisotopic (exact) mass is 542 g/mol. The lowest BCUT2D eigenvalue weighted by Gasteiger charge is -2.47. The fourth-order valence-corrected chi connectivity index (χ4v) is 6.53. The van der Waals surface area contributed by atoms with Crippen molar-refractivity contribution in [1.29, 1.82) is 0 Å². The van der Waals surface area contributed by atoms with Crippen molar-refractivity contribution in [3.05, 3.63) is 88.3 Å². The Morgan fingerprint density at radius 1 is 0.975 bits per heavy atom. The molecular weight excluding hydrogens is 512 g/mol. The molecule has 2 saturated heterocycles. The lowest BCUT2D eigenvalue weighted by molar-refractivity contribution is -0.144. The second kappa shape index (κ2) is 9.95. The van der Waals surface area contributed by atoms with Crippen LogP contribution in [-0.4, -0.2) is 59.2 Å². The normalized spacial score (nSPS) is 24.4. The first kappa shape index (κ1) is 25.8. The van der Waals surface area contributed by atoms with Crippen LogP contribution in [0.15, 0.2) is 71.5 Å². The number of urea groups is 1. The molecule has 2 fully saturated rings. The van der Waals surface area contributed by atoms with E-state index in [0.717, 1.165) is 17.0 Å². The molecule has 2 aromatic carbocycles. The number of hydrogen-bond donors (Lipinski definition) is 2. The van der Waals surface area contributed by atoms with Crippen molar-refractivity contribution in [1.82, 2.24) is 14.8 Å². The van der Waals surface area contributed by atoms with Gasteiger partial charge in [-0.15, -0.1) is 0 Å². The minimum atomic E-state index is -1.63. The largest absolute Gasteiger partial charge is 0.504 e. The summed E-state index contributed by atoms with van der Waals surface area (Å²) in [4.78, 5) is 56.8. The van der Waals surface area contributed by atoms with Gasteiger partial charge >= 0.3 is 6.03 Å². The Balaban J connectivity index is 1.39. The van der Waals surface area contributed by atoms with Crippen LogP contribution in [0, 0.1) is 11.3 Å². The molecule has 0 unspecified atom stereocenters. The Morgan fingerprint density at radius 2 is 1.77 bits per heavy atom. The third-order valence-corrected chi connectivity index (χ3v) is 8.28. The number of methoxy groups -OCH3 is 1. The van der Waals surface area contributed by atoms with Crippen molar-refractivity contribution in [2.45, 2.75) is 25.3 Å². The van der Waals surface area contributed by atoms with Gasteiger partial charge in [0.15, 0.2) is 11.5 Å². The molecule has 40 heavy (non-hydrogen) atoms. The third kappa shape index (κ3) is 4.34. The number of carbonyl (C=O) groups excluding carboxylic acids is 3. The molecule has 206 valence electrons. The number of pyridine rings is 1. The Kier molecular flexibility index (Phi) is 6.42. The number of barbiturate groups is 1. The van der Waals surface area contributed by atoms with Crippen molar-refractivity contribution in [2.24, 2.45) is 11.3 Å². The molecule has 0 saturated carbocycles. The molecule has 3 aliphatic heterocycles. The number of rotatable bonds is 6. The molecule has 1 aromatic heterocycles. The maximum atomic E-state index is 14.3. The highest BCUT2D eigenvalue weighted by molar-refractivity contribution is 6.30. The number of para-hydroxylation sites is 1. The number of nitrogens with one attached hydrogen (secondary N) is 1. The maximum absolute atomic E-state index is 14.3. The van der Waals surface area contributed by atoms with E-state index in [9.17, 15) is 24.3 Å². The van der Waals surface area contributed by atoms with Crippen molar-refractivity contribution >= 4 is 23.5 Å². The van der Waals surface area contributed by atoms with Crippen molar-refractivity contribution in [3.63, 3.8) is 0 Å². The Morgan fingerprint density at radius 3 is 2.55 bits per heavy atom. The third-order valence-electron chi connectivity index (χ3n) is 8.28. The van der Waals surface area contributed by atoms with E-state index in [-0.39, 0.29) is 41.9 Å². The summed E-state index contributed by atoms with van der Waals surface area (Å²) < 4.78 is 7.11. The summed E-state index contributed by atoms with van der Waals surface area (Å²) in [6, 6.07) is 17.8. The summed E-state index contributed by atoms with van der Waals surface area (Å²) in [5.41, 5.74) is 0.292. The zero-order valence-electron chi connectivity index (χ0n) is 22.1. The zero-order valence-corrected chi connectivity index (χ0v) is 22.1. The number of hydrogen-bond acceptors (Lipinski definition) is 7. The van der Waals surface area contributed by atoms with Gasteiger partial charge in [0.1, 0.15) is 5.41 Å². The number of nitrogens with zero attached hydrogens (tertiary/aromatic N) is 3. The van der Waals surface area contributed by atoms with Gasteiger partial charge in [-0.1, -0.05) is 30.3 Å². The number of phenols is 1. The number of anilines is 1. The van der Waals surface area contributed by atoms with Crippen molar-refractivity contribution < 1.29 is 24.2 Å². The van der Waals surface area contributed by atoms with E-state index in [1.54, 1.807) is 54.6 Å². The maximum Gasteiger partial charge on any atom is 0.335 e. The number of piperidine rings is 1. The summed E-state index contributed by atoms with van der Waals surface area (Å²) >= 11 is 0. The molecule has 0 aliphatic carbocycles. The summed E-state index contributed by atoms with van der Waals surface area (Å²) in [6.45, 7) is 1.85. The predicted molar refractivity (Wildman–Crippen MR) is 146 cm³/mol. The van der Waals surface area contributed by atoms with Gasteiger partial charge in [-0.25, -0.2) is 9.69 Å². The van der Waals surface area contributed by atoms with E-state index in [2.05, 4.69) is 10.2 Å². The zero-order chi connectivity index (χ0) is 28.0. The van der Waals surface area contributed by atoms with Crippen molar-refractivity contribution in [3.8, 4) is 11.5 Å². The number of ether oxygens (including phenoxy) is 1. The molecule has 6 rings (SSSR count). The number of fused-ring (bicyclic) bond motifs is 4. The van der Waals surface area contributed by atoms with Crippen LogP contribution >= 0.6 is 0 Å².